The van der Waals surface area contributed by atoms with Crippen molar-refractivity contribution in [1.82, 2.24) is 14.1 Å². The van der Waals surface area contributed by atoms with Crippen molar-refractivity contribution < 1.29 is 8.42 Å². The Balaban J connectivity index is 2.09. The van der Waals surface area contributed by atoms with Gasteiger partial charge >= 0.3 is 0 Å². The van der Waals surface area contributed by atoms with Gasteiger partial charge in [0.05, 0.1) is 11.9 Å². The second-order valence-electron chi connectivity index (χ2n) is 5.06. The molecule has 0 saturated heterocycles. The first-order chi connectivity index (χ1) is 9.90. The Morgan fingerprint density at radius 3 is 2.62 bits per heavy atom. The highest BCUT2D eigenvalue weighted by Gasteiger charge is 2.19. The fourth-order valence-electron chi connectivity index (χ4n) is 2.08. The molecule has 2 N–H and O–H groups in total. The van der Waals surface area contributed by atoms with E-state index in [1.807, 2.05) is 18.2 Å². The highest BCUT2D eigenvalue weighted by molar-refractivity contribution is 7.88. The van der Waals surface area contributed by atoms with Crippen molar-refractivity contribution in [1.29, 1.82) is 0 Å². The number of sulfonamides is 1. The minimum absolute atomic E-state index is 0.0302. The zero-order chi connectivity index (χ0) is 15.5. The van der Waals surface area contributed by atoms with Gasteiger partial charge in [-0.3, -0.25) is 4.68 Å². The van der Waals surface area contributed by atoms with Crippen LogP contribution in [0.15, 0.2) is 36.7 Å². The molecular weight excluding hydrogens is 288 g/mol. The maximum atomic E-state index is 12.4. The molecule has 0 aliphatic heterocycles. The zero-order valence-corrected chi connectivity index (χ0v) is 13.0. The maximum absolute atomic E-state index is 12.4. The third kappa shape index (κ3) is 4.13. The monoisotopic (exact) mass is 308 g/mol. The molecule has 0 amide bonds. The van der Waals surface area contributed by atoms with Crippen molar-refractivity contribution in [3.63, 3.8) is 0 Å². The second-order valence-corrected chi connectivity index (χ2v) is 7.13. The van der Waals surface area contributed by atoms with E-state index in [1.54, 1.807) is 37.2 Å². The average Bonchev–Trinajstić information content (AvgIpc) is 2.83. The van der Waals surface area contributed by atoms with Crippen LogP contribution in [0.1, 0.15) is 16.7 Å². The minimum Gasteiger partial charge on any atom is -0.326 e. The summed E-state index contributed by atoms with van der Waals surface area (Å²) in [6.45, 7) is 0.714. The van der Waals surface area contributed by atoms with E-state index in [2.05, 4.69) is 5.10 Å². The number of rotatable bonds is 6. The lowest BCUT2D eigenvalue weighted by molar-refractivity contribution is 0.465. The molecule has 0 fully saturated rings. The molecule has 2 aromatic rings. The van der Waals surface area contributed by atoms with Crippen LogP contribution in [0, 0.1) is 0 Å². The quantitative estimate of drug-likeness (QED) is 0.857. The van der Waals surface area contributed by atoms with Gasteiger partial charge in [-0.1, -0.05) is 24.3 Å². The van der Waals surface area contributed by atoms with Crippen molar-refractivity contribution in [2.75, 3.05) is 7.05 Å². The summed E-state index contributed by atoms with van der Waals surface area (Å²) in [5, 5.41) is 4.04. The van der Waals surface area contributed by atoms with Gasteiger partial charge in [-0.15, -0.1) is 0 Å². The zero-order valence-electron chi connectivity index (χ0n) is 12.2. The molecule has 0 atom stereocenters. The van der Waals surface area contributed by atoms with Crippen molar-refractivity contribution in [3.05, 3.63) is 53.3 Å². The number of benzene rings is 1. The van der Waals surface area contributed by atoms with Crippen molar-refractivity contribution in [2.24, 2.45) is 12.8 Å². The predicted molar refractivity (Wildman–Crippen MR) is 81.6 cm³/mol. The molecule has 1 aromatic heterocycles. The van der Waals surface area contributed by atoms with Crippen LogP contribution >= 0.6 is 0 Å². The minimum atomic E-state index is -3.37. The highest BCUT2D eigenvalue weighted by atomic mass is 32.2. The van der Waals surface area contributed by atoms with Gasteiger partial charge in [0.25, 0.3) is 0 Å². The van der Waals surface area contributed by atoms with Gasteiger partial charge in [-0.25, -0.2) is 12.7 Å². The van der Waals surface area contributed by atoms with Crippen LogP contribution in [0.2, 0.25) is 0 Å². The molecule has 0 aliphatic carbocycles. The molecule has 0 spiro atoms. The Labute approximate surface area is 125 Å². The number of hydrogen-bond acceptors (Lipinski definition) is 4. The summed E-state index contributed by atoms with van der Waals surface area (Å²) in [5.41, 5.74) is 8.11. The van der Waals surface area contributed by atoms with E-state index in [9.17, 15) is 8.42 Å². The number of nitrogens with zero attached hydrogens (tertiary/aromatic N) is 3. The predicted octanol–water partition coefficient (Wildman–Crippen LogP) is 0.841. The van der Waals surface area contributed by atoms with Crippen LogP contribution < -0.4 is 5.73 Å². The molecule has 0 unspecified atom stereocenters. The SMILES string of the molecule is CN(Cc1cnn(C)c1)S(=O)(=O)Cc1cccc(CN)c1. The summed E-state index contributed by atoms with van der Waals surface area (Å²) in [6, 6.07) is 7.34. The van der Waals surface area contributed by atoms with Gasteiger partial charge in [0.2, 0.25) is 10.0 Å². The van der Waals surface area contributed by atoms with Crippen LogP contribution in [0.3, 0.4) is 0 Å². The second kappa shape index (κ2) is 6.38. The molecule has 0 aliphatic rings. The number of nitrogens with two attached hydrogens (primary N) is 1. The van der Waals surface area contributed by atoms with Crippen LogP contribution in [-0.4, -0.2) is 29.6 Å². The van der Waals surface area contributed by atoms with Gasteiger partial charge in [-0.05, 0) is 11.1 Å². The Morgan fingerprint density at radius 1 is 1.29 bits per heavy atom. The van der Waals surface area contributed by atoms with E-state index >= 15 is 0 Å². The number of hydrogen-bond donors (Lipinski definition) is 1. The van der Waals surface area contributed by atoms with E-state index in [0.717, 1.165) is 16.7 Å². The summed E-state index contributed by atoms with van der Waals surface area (Å²) in [5.74, 6) is -0.0302. The molecule has 0 radical (unpaired) electrons. The molecule has 114 valence electrons. The van der Waals surface area contributed by atoms with E-state index < -0.39 is 10.0 Å². The highest BCUT2D eigenvalue weighted by Crippen LogP contribution is 2.14. The van der Waals surface area contributed by atoms with Gasteiger partial charge in [0.15, 0.2) is 0 Å². The van der Waals surface area contributed by atoms with Crippen LogP contribution in [0.5, 0.6) is 0 Å². The summed E-state index contributed by atoms with van der Waals surface area (Å²) in [6.07, 6.45) is 3.47. The first kappa shape index (κ1) is 15.7. The lowest BCUT2D eigenvalue weighted by atomic mass is 10.1. The molecule has 0 saturated carbocycles. The van der Waals surface area contributed by atoms with Gasteiger partial charge in [0, 0.05) is 38.9 Å². The summed E-state index contributed by atoms with van der Waals surface area (Å²) in [7, 11) is 0.00862. The average molecular weight is 308 g/mol. The molecule has 21 heavy (non-hydrogen) atoms. The fraction of sp³-hybridized carbons (Fsp3) is 0.357. The summed E-state index contributed by atoms with van der Waals surface area (Å²) in [4.78, 5) is 0. The van der Waals surface area contributed by atoms with E-state index in [4.69, 9.17) is 5.73 Å². The maximum Gasteiger partial charge on any atom is 0.218 e. The van der Waals surface area contributed by atoms with Crippen LogP contribution in [-0.2, 0) is 35.9 Å². The molecule has 6 nitrogen and oxygen atoms in total. The Hall–Kier alpha value is -1.70. The summed E-state index contributed by atoms with van der Waals surface area (Å²) >= 11 is 0. The molecule has 7 heteroatoms. The molecule has 1 heterocycles. The Bertz CT molecular complexity index is 709. The first-order valence-corrected chi connectivity index (χ1v) is 8.21. The van der Waals surface area contributed by atoms with Crippen LogP contribution in [0.4, 0.5) is 0 Å². The smallest absolute Gasteiger partial charge is 0.218 e. The molecular formula is C14H20N4O2S. The van der Waals surface area contributed by atoms with E-state index in [0.29, 0.717) is 13.1 Å². The summed E-state index contributed by atoms with van der Waals surface area (Å²) < 4.78 is 27.8. The van der Waals surface area contributed by atoms with Crippen LogP contribution in [0.25, 0.3) is 0 Å². The van der Waals surface area contributed by atoms with Gasteiger partial charge in [-0.2, -0.15) is 5.10 Å². The number of aryl methyl sites for hydroxylation is 1. The third-order valence-corrected chi connectivity index (χ3v) is 4.99. The first-order valence-electron chi connectivity index (χ1n) is 6.60. The Kier molecular flexibility index (Phi) is 4.76. The lowest BCUT2D eigenvalue weighted by Crippen LogP contribution is -2.27. The number of aromatic nitrogens is 2. The normalized spacial score (nSPS) is 12.0. The standard InChI is InChI=1S/C14H20N4O2S/c1-17-9-14(8-16-17)10-18(2)21(19,20)11-13-5-3-4-12(6-13)7-15/h3-6,8-9H,7,10-11,15H2,1-2H3. The molecule has 1 aromatic carbocycles. The van der Waals surface area contributed by atoms with Gasteiger partial charge < -0.3 is 5.73 Å². The largest absolute Gasteiger partial charge is 0.326 e. The topological polar surface area (TPSA) is 81.2 Å². The third-order valence-electron chi connectivity index (χ3n) is 3.21. The van der Waals surface area contributed by atoms with E-state index in [-0.39, 0.29) is 5.75 Å². The molecule has 0 bridgehead atoms. The fourth-order valence-corrected chi connectivity index (χ4v) is 3.24. The molecule has 2 rings (SSSR count). The van der Waals surface area contributed by atoms with Crippen molar-refractivity contribution in [3.8, 4) is 0 Å². The van der Waals surface area contributed by atoms with Crippen molar-refractivity contribution >= 4 is 10.0 Å². The Morgan fingerprint density at radius 2 is 2.00 bits per heavy atom. The van der Waals surface area contributed by atoms with Crippen molar-refractivity contribution in [2.45, 2.75) is 18.8 Å². The van der Waals surface area contributed by atoms with Gasteiger partial charge in [0.1, 0.15) is 0 Å². The van der Waals surface area contributed by atoms with E-state index in [1.165, 1.54) is 4.31 Å². The lowest BCUT2D eigenvalue weighted by Gasteiger charge is -2.16.